The van der Waals surface area contributed by atoms with Gasteiger partial charge in [0.15, 0.2) is 0 Å². The van der Waals surface area contributed by atoms with Gasteiger partial charge in [-0.1, -0.05) is 5.92 Å². The summed E-state index contributed by atoms with van der Waals surface area (Å²) in [5, 5.41) is 8.93. The largest absolute Gasteiger partial charge is 0.481 e. The van der Waals surface area contributed by atoms with Crippen molar-refractivity contribution in [2.75, 3.05) is 26.2 Å². The maximum atomic E-state index is 12.2. The highest BCUT2D eigenvalue weighted by atomic mass is 16.4. The van der Waals surface area contributed by atoms with E-state index in [2.05, 4.69) is 5.92 Å². The first kappa shape index (κ1) is 12.7. The Morgan fingerprint density at radius 1 is 1.39 bits per heavy atom. The summed E-state index contributed by atoms with van der Waals surface area (Å²) in [4.78, 5) is 26.4. The lowest BCUT2D eigenvalue weighted by Gasteiger charge is -2.26. The van der Waals surface area contributed by atoms with Crippen molar-refractivity contribution in [1.29, 1.82) is 0 Å². The van der Waals surface area contributed by atoms with Gasteiger partial charge in [0.25, 0.3) is 0 Å². The van der Waals surface area contributed by atoms with Crippen LogP contribution in [-0.4, -0.2) is 53.1 Å². The molecule has 2 fully saturated rings. The highest BCUT2D eigenvalue weighted by molar-refractivity contribution is 5.77. The molecular formula is C13H18N2O3. The Morgan fingerprint density at radius 3 is 2.61 bits per heavy atom. The molecule has 0 aromatic carbocycles. The van der Waals surface area contributed by atoms with E-state index in [-0.39, 0.29) is 6.03 Å². The lowest BCUT2D eigenvalue weighted by atomic mass is 10.1. The van der Waals surface area contributed by atoms with E-state index in [1.807, 2.05) is 0 Å². The van der Waals surface area contributed by atoms with Crippen LogP contribution in [0.1, 0.15) is 19.3 Å². The Bertz CT molecular complexity index is 384. The van der Waals surface area contributed by atoms with E-state index in [9.17, 15) is 9.59 Å². The van der Waals surface area contributed by atoms with Crippen LogP contribution in [0, 0.1) is 24.2 Å². The van der Waals surface area contributed by atoms with Crippen LogP contribution >= 0.6 is 0 Å². The molecule has 0 aromatic rings. The smallest absolute Gasteiger partial charge is 0.320 e. The second kappa shape index (κ2) is 5.30. The van der Waals surface area contributed by atoms with Crippen molar-refractivity contribution in [2.24, 2.45) is 11.8 Å². The molecule has 5 nitrogen and oxygen atoms in total. The molecule has 1 unspecified atom stereocenters. The summed E-state index contributed by atoms with van der Waals surface area (Å²) in [5.41, 5.74) is 0. The van der Waals surface area contributed by atoms with Gasteiger partial charge in [0.2, 0.25) is 0 Å². The summed E-state index contributed by atoms with van der Waals surface area (Å²) < 4.78 is 0. The molecule has 98 valence electrons. The number of carboxylic acids is 1. The third-order valence-electron chi connectivity index (χ3n) is 3.54. The van der Waals surface area contributed by atoms with Crippen molar-refractivity contribution in [3.8, 4) is 12.3 Å². The fourth-order valence-corrected chi connectivity index (χ4v) is 2.27. The number of carbonyl (C=O) groups is 2. The van der Waals surface area contributed by atoms with E-state index in [0.29, 0.717) is 38.5 Å². The molecule has 1 N–H and O–H groups in total. The third-order valence-corrected chi connectivity index (χ3v) is 3.54. The Morgan fingerprint density at radius 2 is 2.11 bits per heavy atom. The quantitative estimate of drug-likeness (QED) is 0.753. The Kier molecular flexibility index (Phi) is 3.75. The summed E-state index contributed by atoms with van der Waals surface area (Å²) in [5.74, 6) is 1.83. The molecule has 0 aromatic heterocycles. The topological polar surface area (TPSA) is 60.9 Å². The first-order valence-electron chi connectivity index (χ1n) is 6.32. The average Bonchev–Trinajstić information content (AvgIpc) is 3.01. The van der Waals surface area contributed by atoms with E-state index in [0.717, 1.165) is 12.8 Å². The maximum Gasteiger partial charge on any atom is 0.320 e. The number of aliphatic carboxylic acids is 1. The van der Waals surface area contributed by atoms with E-state index in [1.54, 1.807) is 9.80 Å². The predicted molar refractivity (Wildman–Crippen MR) is 65.8 cm³/mol. The monoisotopic (exact) mass is 250 g/mol. The third kappa shape index (κ3) is 2.95. The number of amides is 2. The van der Waals surface area contributed by atoms with E-state index < -0.39 is 11.9 Å². The van der Waals surface area contributed by atoms with Gasteiger partial charge in [-0.3, -0.25) is 4.79 Å². The molecule has 1 saturated carbocycles. The zero-order chi connectivity index (χ0) is 13.1. The van der Waals surface area contributed by atoms with Crippen LogP contribution in [0.2, 0.25) is 0 Å². The molecule has 1 atom stereocenters. The minimum absolute atomic E-state index is 0.108. The second-order valence-electron chi connectivity index (χ2n) is 5.08. The number of urea groups is 1. The van der Waals surface area contributed by atoms with Gasteiger partial charge in [-0.15, -0.1) is 6.42 Å². The zero-order valence-electron chi connectivity index (χ0n) is 10.3. The van der Waals surface area contributed by atoms with Crippen molar-refractivity contribution < 1.29 is 14.7 Å². The lowest BCUT2D eigenvalue weighted by molar-refractivity contribution is -0.141. The van der Waals surface area contributed by atoms with Crippen molar-refractivity contribution >= 4 is 12.0 Å². The highest BCUT2D eigenvalue weighted by Crippen LogP contribution is 2.30. The minimum atomic E-state index is -0.823. The van der Waals surface area contributed by atoms with Gasteiger partial charge in [-0.2, -0.15) is 0 Å². The summed E-state index contributed by atoms with van der Waals surface area (Å²) in [6.07, 6.45) is 8.13. The molecule has 2 aliphatic rings. The van der Waals surface area contributed by atoms with Crippen molar-refractivity contribution in [1.82, 2.24) is 9.80 Å². The van der Waals surface area contributed by atoms with Crippen LogP contribution < -0.4 is 0 Å². The van der Waals surface area contributed by atoms with Crippen LogP contribution in [0.4, 0.5) is 4.79 Å². The van der Waals surface area contributed by atoms with Crippen molar-refractivity contribution in [3.63, 3.8) is 0 Å². The standard InChI is InChI=1S/C13H18N2O3/c1-2-6-14(8-10-3-4-10)13(18)15-7-5-11(9-15)12(16)17/h1,10-11H,3-9H2,(H,16,17). The number of rotatable bonds is 4. The Balaban J connectivity index is 1.91. The van der Waals surface area contributed by atoms with Gasteiger partial charge in [0.1, 0.15) is 0 Å². The minimum Gasteiger partial charge on any atom is -0.481 e. The molecule has 1 heterocycles. The van der Waals surface area contributed by atoms with Crippen LogP contribution in [0.5, 0.6) is 0 Å². The molecule has 0 bridgehead atoms. The van der Waals surface area contributed by atoms with Crippen molar-refractivity contribution in [2.45, 2.75) is 19.3 Å². The van der Waals surface area contributed by atoms with Crippen LogP contribution in [0.3, 0.4) is 0 Å². The summed E-state index contributed by atoms with van der Waals surface area (Å²) >= 11 is 0. The first-order chi connectivity index (χ1) is 8.61. The summed E-state index contributed by atoms with van der Waals surface area (Å²) in [7, 11) is 0. The zero-order valence-corrected chi connectivity index (χ0v) is 10.3. The normalized spacial score (nSPS) is 22.6. The van der Waals surface area contributed by atoms with Crippen LogP contribution in [-0.2, 0) is 4.79 Å². The number of carboxylic acid groups (broad SMARTS) is 1. The second-order valence-corrected chi connectivity index (χ2v) is 5.08. The molecule has 18 heavy (non-hydrogen) atoms. The molecule has 1 aliphatic heterocycles. The molecule has 2 rings (SSSR count). The van der Waals surface area contributed by atoms with Gasteiger partial charge in [0, 0.05) is 19.6 Å². The molecule has 0 spiro atoms. The average molecular weight is 250 g/mol. The van der Waals surface area contributed by atoms with E-state index >= 15 is 0 Å². The number of likely N-dealkylation sites (tertiary alicyclic amines) is 1. The van der Waals surface area contributed by atoms with Crippen LogP contribution in [0.15, 0.2) is 0 Å². The van der Waals surface area contributed by atoms with Gasteiger partial charge in [0.05, 0.1) is 12.5 Å². The fourth-order valence-electron chi connectivity index (χ4n) is 2.27. The summed E-state index contributed by atoms with van der Waals surface area (Å²) in [6.45, 7) is 1.84. The number of terminal acetylenes is 1. The number of hydrogen-bond donors (Lipinski definition) is 1. The SMILES string of the molecule is C#CCN(CC1CC1)C(=O)N1CCC(C(=O)O)C1. The molecular weight excluding hydrogens is 232 g/mol. The van der Waals surface area contributed by atoms with Gasteiger partial charge in [-0.25, -0.2) is 4.79 Å². The maximum absolute atomic E-state index is 12.2. The van der Waals surface area contributed by atoms with Gasteiger partial charge >= 0.3 is 12.0 Å². The molecule has 1 aliphatic carbocycles. The lowest BCUT2D eigenvalue weighted by Crippen LogP contribution is -2.43. The van der Waals surface area contributed by atoms with E-state index in [1.165, 1.54) is 0 Å². The number of nitrogens with zero attached hydrogens (tertiary/aromatic N) is 2. The predicted octanol–water partition coefficient (Wildman–Crippen LogP) is 0.858. The van der Waals surface area contributed by atoms with Gasteiger partial charge < -0.3 is 14.9 Å². The number of carbonyl (C=O) groups excluding carboxylic acids is 1. The highest BCUT2D eigenvalue weighted by Gasteiger charge is 2.34. The van der Waals surface area contributed by atoms with Crippen LogP contribution in [0.25, 0.3) is 0 Å². The molecule has 0 radical (unpaired) electrons. The molecule has 2 amide bonds. The van der Waals surface area contributed by atoms with Gasteiger partial charge in [-0.05, 0) is 25.2 Å². The Hall–Kier alpha value is -1.70. The number of hydrogen-bond acceptors (Lipinski definition) is 2. The Labute approximate surface area is 107 Å². The summed E-state index contributed by atoms with van der Waals surface area (Å²) in [6, 6.07) is -0.108. The fraction of sp³-hybridized carbons (Fsp3) is 0.692. The molecule has 1 saturated heterocycles. The molecule has 5 heteroatoms. The van der Waals surface area contributed by atoms with E-state index in [4.69, 9.17) is 11.5 Å². The first-order valence-corrected chi connectivity index (χ1v) is 6.32. The van der Waals surface area contributed by atoms with Crippen molar-refractivity contribution in [3.05, 3.63) is 0 Å².